The summed E-state index contributed by atoms with van der Waals surface area (Å²) >= 11 is 0. The van der Waals surface area contributed by atoms with E-state index >= 15 is 0 Å². The highest BCUT2D eigenvalue weighted by Crippen LogP contribution is 2.62. The number of hydrogen-bond donors (Lipinski definition) is 2. The van der Waals surface area contributed by atoms with E-state index in [0.717, 1.165) is 19.4 Å². The van der Waals surface area contributed by atoms with Crippen molar-refractivity contribution in [2.45, 2.75) is 44.0 Å². The average molecular weight is 482 g/mol. The van der Waals surface area contributed by atoms with Gasteiger partial charge in [-0.05, 0) is 62.3 Å². The number of pyridine rings is 1. The molecule has 1 saturated carbocycles. The first-order valence-corrected chi connectivity index (χ1v) is 12.7. The molecule has 0 bridgehead atoms. The first-order valence-electron chi connectivity index (χ1n) is 11.2. The molecule has 2 fully saturated rings. The molecule has 2 unspecified atom stereocenters. The van der Waals surface area contributed by atoms with Crippen LogP contribution in [0.2, 0.25) is 0 Å². The first kappa shape index (κ1) is 22.4. The molecule has 1 aliphatic carbocycles. The van der Waals surface area contributed by atoms with Crippen molar-refractivity contribution in [2.75, 3.05) is 11.4 Å². The third kappa shape index (κ3) is 3.81. The lowest BCUT2D eigenvalue weighted by molar-refractivity contribution is 0.0981. The third-order valence-electron chi connectivity index (χ3n) is 7.08. The van der Waals surface area contributed by atoms with E-state index in [4.69, 9.17) is 4.98 Å². The van der Waals surface area contributed by atoms with Crippen molar-refractivity contribution in [2.24, 2.45) is 11.3 Å². The van der Waals surface area contributed by atoms with Crippen LogP contribution >= 0.6 is 0 Å². The minimum absolute atomic E-state index is 0.00616. The van der Waals surface area contributed by atoms with Gasteiger partial charge in [0.25, 0.3) is 21.5 Å². The van der Waals surface area contributed by atoms with Gasteiger partial charge in [-0.1, -0.05) is 25.1 Å². The van der Waals surface area contributed by atoms with Crippen molar-refractivity contribution in [1.82, 2.24) is 19.5 Å². The van der Waals surface area contributed by atoms with Gasteiger partial charge in [0.2, 0.25) is 0 Å². The molecule has 9 nitrogen and oxygen atoms in total. The average Bonchev–Trinajstić information content (AvgIpc) is 3.08. The fraction of sp³-hybridized carbons (Fsp3) is 0.375. The van der Waals surface area contributed by atoms with Gasteiger partial charge in [0.05, 0.1) is 10.5 Å². The highest BCUT2D eigenvalue weighted by atomic mass is 32.2. The molecule has 1 spiro atoms. The van der Waals surface area contributed by atoms with Crippen LogP contribution in [-0.4, -0.2) is 41.2 Å². The summed E-state index contributed by atoms with van der Waals surface area (Å²) in [6.07, 6.45) is 3.63. The van der Waals surface area contributed by atoms with Gasteiger partial charge in [0.1, 0.15) is 5.82 Å². The number of benzene rings is 1. The molecule has 34 heavy (non-hydrogen) atoms. The Morgan fingerprint density at radius 2 is 1.85 bits per heavy atom. The number of rotatable bonds is 5. The van der Waals surface area contributed by atoms with Gasteiger partial charge >= 0.3 is 0 Å². The third-order valence-corrected chi connectivity index (χ3v) is 8.43. The van der Waals surface area contributed by atoms with Crippen molar-refractivity contribution >= 4 is 21.7 Å². The number of carbonyl (C=O) groups is 1. The summed E-state index contributed by atoms with van der Waals surface area (Å²) in [5, 5.41) is 2.66. The zero-order chi connectivity index (χ0) is 24.3. The van der Waals surface area contributed by atoms with E-state index in [1.807, 2.05) is 0 Å². The minimum atomic E-state index is -4.05. The van der Waals surface area contributed by atoms with Crippen LogP contribution in [0.3, 0.4) is 0 Å². The molecule has 1 saturated heterocycles. The monoisotopic (exact) mass is 481 g/mol. The van der Waals surface area contributed by atoms with Crippen molar-refractivity contribution in [3.63, 3.8) is 0 Å². The van der Waals surface area contributed by atoms with Crippen molar-refractivity contribution in [1.29, 1.82) is 0 Å². The molecule has 2 aromatic heterocycles. The molecule has 2 N–H and O–H groups in total. The maximum atomic E-state index is 13.3. The lowest BCUT2D eigenvalue weighted by atomic mass is 9.93. The molecule has 2 aliphatic rings. The Morgan fingerprint density at radius 1 is 1.15 bits per heavy atom. The second-order valence-electron chi connectivity index (χ2n) is 9.99. The molecule has 3 heterocycles. The number of H-pyrrole nitrogens is 1. The van der Waals surface area contributed by atoms with Gasteiger partial charge in [0.15, 0.2) is 5.82 Å². The van der Waals surface area contributed by atoms with Crippen LogP contribution in [0.5, 0.6) is 0 Å². The van der Waals surface area contributed by atoms with E-state index in [1.165, 1.54) is 22.9 Å². The number of sulfonamides is 1. The molecular weight excluding hydrogens is 454 g/mol. The number of hydrogen-bond acceptors (Lipinski definition) is 6. The van der Waals surface area contributed by atoms with Crippen molar-refractivity contribution < 1.29 is 13.2 Å². The molecule has 2 atom stereocenters. The molecule has 5 rings (SSSR count). The van der Waals surface area contributed by atoms with Gasteiger partial charge in [-0.15, -0.1) is 0 Å². The normalized spacial score (nSPS) is 23.3. The van der Waals surface area contributed by atoms with Gasteiger partial charge < -0.3 is 4.90 Å². The minimum Gasteiger partial charge on any atom is -0.350 e. The van der Waals surface area contributed by atoms with E-state index in [2.05, 4.69) is 35.5 Å². The smallest absolute Gasteiger partial charge is 0.268 e. The van der Waals surface area contributed by atoms with Crippen LogP contribution < -0.4 is 15.2 Å². The Morgan fingerprint density at radius 3 is 2.44 bits per heavy atom. The Bertz CT molecular complexity index is 1430. The maximum absolute atomic E-state index is 13.3. The van der Waals surface area contributed by atoms with Crippen molar-refractivity contribution in [3.8, 4) is 5.82 Å². The van der Waals surface area contributed by atoms with Crippen LogP contribution in [0, 0.1) is 11.3 Å². The van der Waals surface area contributed by atoms with Crippen LogP contribution in [0.15, 0.2) is 64.4 Å². The van der Waals surface area contributed by atoms with E-state index in [-0.39, 0.29) is 27.0 Å². The number of aromatic amines is 1. The second kappa shape index (κ2) is 7.56. The molecule has 3 aromatic rings. The second-order valence-corrected chi connectivity index (χ2v) is 11.7. The largest absolute Gasteiger partial charge is 0.350 e. The lowest BCUT2D eigenvalue weighted by Crippen LogP contribution is -2.41. The number of anilines is 1. The molecule has 178 valence electrons. The predicted molar refractivity (Wildman–Crippen MR) is 128 cm³/mol. The SMILES string of the molecule is CC1CC12CN(c1nc(-n3ccc(=O)[nH]3)ccc1C(=O)NS(=O)(=O)c1ccccc1)C(C)(C)C2. The van der Waals surface area contributed by atoms with Crippen molar-refractivity contribution in [3.05, 3.63) is 70.6 Å². The van der Waals surface area contributed by atoms with E-state index < -0.39 is 15.9 Å². The quantitative estimate of drug-likeness (QED) is 0.579. The van der Waals surface area contributed by atoms with Gasteiger partial charge in [-0.2, -0.15) is 0 Å². The van der Waals surface area contributed by atoms with E-state index in [1.54, 1.807) is 36.5 Å². The summed E-state index contributed by atoms with van der Waals surface area (Å²) in [6.45, 7) is 7.18. The number of nitrogens with zero attached hydrogens (tertiary/aromatic N) is 3. The molecular formula is C24H27N5O4S. The van der Waals surface area contributed by atoms with Crippen LogP contribution in [-0.2, 0) is 10.0 Å². The van der Waals surface area contributed by atoms with Gasteiger partial charge in [-0.3, -0.25) is 14.7 Å². The van der Waals surface area contributed by atoms with Crippen LogP contribution in [0.1, 0.15) is 44.0 Å². The summed E-state index contributed by atoms with van der Waals surface area (Å²) in [5.74, 6) is 0.657. The summed E-state index contributed by atoms with van der Waals surface area (Å²) < 4.78 is 29.3. The summed E-state index contributed by atoms with van der Waals surface area (Å²) in [5.41, 5.74) is -0.219. The Hall–Kier alpha value is -3.40. The number of amides is 1. The predicted octanol–water partition coefficient (Wildman–Crippen LogP) is 2.69. The Labute approximate surface area is 197 Å². The topological polar surface area (TPSA) is 117 Å². The number of aromatic nitrogens is 3. The zero-order valence-electron chi connectivity index (χ0n) is 19.3. The maximum Gasteiger partial charge on any atom is 0.268 e. The summed E-state index contributed by atoms with van der Waals surface area (Å²) in [4.78, 5) is 31.8. The number of carbonyl (C=O) groups excluding carboxylic acids is 1. The molecule has 0 radical (unpaired) electrons. The summed E-state index contributed by atoms with van der Waals surface area (Å²) in [6, 6.07) is 12.3. The van der Waals surface area contributed by atoms with Crippen LogP contribution in [0.4, 0.5) is 5.82 Å². The van der Waals surface area contributed by atoms with Crippen LogP contribution in [0.25, 0.3) is 5.82 Å². The highest BCUT2D eigenvalue weighted by molar-refractivity contribution is 7.90. The molecule has 1 aromatic carbocycles. The fourth-order valence-corrected chi connectivity index (χ4v) is 6.17. The molecule has 1 amide bonds. The highest BCUT2D eigenvalue weighted by Gasteiger charge is 2.60. The lowest BCUT2D eigenvalue weighted by Gasteiger charge is -2.34. The Kier molecular flexibility index (Phi) is 4.98. The summed E-state index contributed by atoms with van der Waals surface area (Å²) in [7, 11) is -4.05. The van der Waals surface area contributed by atoms with E-state index in [0.29, 0.717) is 17.6 Å². The molecule has 1 aliphatic heterocycles. The Balaban J connectivity index is 1.57. The standard InChI is InChI=1S/C24H27N5O4S/c1-16-13-24(16)14-23(2,3)28(15-24)21-18(9-10-19(25-21)29-12-11-20(30)26-29)22(31)27-34(32,33)17-7-5-4-6-8-17/h4-12,16H,13-15H2,1-3H3,(H,26,30)(H,27,31). The van der Waals surface area contributed by atoms with Gasteiger partial charge in [-0.25, -0.2) is 22.8 Å². The first-order chi connectivity index (χ1) is 16.0. The zero-order valence-corrected chi connectivity index (χ0v) is 20.1. The number of nitrogens with one attached hydrogen (secondary N) is 2. The fourth-order valence-electron chi connectivity index (χ4n) is 5.18. The van der Waals surface area contributed by atoms with E-state index in [9.17, 15) is 18.0 Å². The van der Waals surface area contributed by atoms with Gasteiger partial charge in [0, 0.05) is 24.3 Å². The molecule has 10 heteroatoms.